The molecule has 0 aliphatic heterocycles. The first-order chi connectivity index (χ1) is 29.0. The summed E-state index contributed by atoms with van der Waals surface area (Å²) in [5, 5.41) is 0. The molecule has 2 aliphatic carbocycles. The van der Waals surface area contributed by atoms with Gasteiger partial charge in [0, 0.05) is 22.5 Å². The monoisotopic (exact) mass is 759 g/mol. The Morgan fingerprint density at radius 1 is 0.424 bits per heavy atom. The first kappa shape index (κ1) is 36.6. The molecule has 286 valence electrons. The van der Waals surface area contributed by atoms with Crippen LogP contribution in [0, 0.1) is 13.8 Å². The van der Waals surface area contributed by atoms with E-state index in [1.54, 1.807) is 0 Å². The maximum Gasteiger partial charge on any atom is 0.0713 e. The van der Waals surface area contributed by atoms with Crippen molar-refractivity contribution in [2.24, 2.45) is 0 Å². The fourth-order valence-electron chi connectivity index (χ4n) is 10.4. The lowest BCUT2D eigenvalue weighted by molar-refractivity contribution is 0.490. The van der Waals surface area contributed by atoms with E-state index in [9.17, 15) is 0 Å². The van der Waals surface area contributed by atoms with Crippen LogP contribution in [0.1, 0.15) is 82.3 Å². The number of rotatable bonds is 9. The average Bonchev–Trinajstić information content (AvgIpc) is 3.75. The molecule has 8 aromatic carbocycles. The Kier molecular flexibility index (Phi) is 9.06. The van der Waals surface area contributed by atoms with Gasteiger partial charge in [0.1, 0.15) is 0 Å². The third-order valence-corrected chi connectivity index (χ3v) is 13.4. The molecule has 0 bridgehead atoms. The minimum absolute atomic E-state index is 0.0886. The quantitative estimate of drug-likeness (QED) is 0.133. The van der Waals surface area contributed by atoms with Crippen molar-refractivity contribution in [1.29, 1.82) is 0 Å². The second-order valence-electron chi connectivity index (χ2n) is 16.5. The Bertz CT molecular complexity index is 2760. The maximum absolute atomic E-state index is 2.48. The van der Waals surface area contributed by atoms with E-state index in [0.29, 0.717) is 0 Å². The van der Waals surface area contributed by atoms with Crippen LogP contribution in [0.15, 0.2) is 188 Å². The average molecular weight is 760 g/mol. The standard InChI is InChI=1S/C58H49N/c1-5-57(6-2)54-38-42(29-36-49(54)50-37-35-48(39-55(50)57)59(46-31-24-40(3)25-32-46)47-33-26-41(4)27-34-47)28-30-43-16-15-23-53-56(43)51-21-13-14-22-52(51)58(53,44-17-9-7-10-18-44)45-19-11-8-12-20-45/h7-39H,5-6H2,1-4H3/b30-28+. The van der Waals surface area contributed by atoms with Gasteiger partial charge in [-0.15, -0.1) is 0 Å². The molecule has 0 aromatic heterocycles. The molecule has 59 heavy (non-hydrogen) atoms. The molecule has 0 fully saturated rings. The van der Waals surface area contributed by atoms with Crippen LogP contribution in [0.5, 0.6) is 0 Å². The largest absolute Gasteiger partial charge is 0.310 e. The number of fused-ring (bicyclic) bond motifs is 6. The van der Waals surface area contributed by atoms with Crippen LogP contribution < -0.4 is 4.90 Å². The number of nitrogens with zero attached hydrogens (tertiary/aromatic N) is 1. The highest BCUT2D eigenvalue weighted by molar-refractivity contribution is 5.93. The number of aryl methyl sites for hydroxylation is 2. The van der Waals surface area contributed by atoms with Crippen molar-refractivity contribution in [3.63, 3.8) is 0 Å². The van der Waals surface area contributed by atoms with Gasteiger partial charge in [0.15, 0.2) is 0 Å². The molecular weight excluding hydrogens is 711 g/mol. The summed E-state index contributed by atoms with van der Waals surface area (Å²) >= 11 is 0. The minimum Gasteiger partial charge on any atom is -0.310 e. The topological polar surface area (TPSA) is 3.24 Å². The van der Waals surface area contributed by atoms with Gasteiger partial charge in [-0.05, 0) is 130 Å². The molecule has 8 aromatic rings. The molecule has 1 heteroatoms. The summed E-state index contributed by atoms with van der Waals surface area (Å²) in [6.45, 7) is 9.04. The molecule has 0 amide bonds. The van der Waals surface area contributed by atoms with Crippen molar-refractivity contribution in [3.05, 3.63) is 244 Å². The highest BCUT2D eigenvalue weighted by Gasteiger charge is 2.46. The summed E-state index contributed by atoms with van der Waals surface area (Å²) in [6.07, 6.45) is 6.74. The summed E-state index contributed by atoms with van der Waals surface area (Å²) in [5.74, 6) is 0. The first-order valence-electron chi connectivity index (χ1n) is 21.2. The number of hydrogen-bond donors (Lipinski definition) is 0. The molecule has 0 spiro atoms. The highest BCUT2D eigenvalue weighted by Crippen LogP contribution is 2.58. The Morgan fingerprint density at radius 2 is 0.949 bits per heavy atom. The van der Waals surface area contributed by atoms with Crippen LogP contribution in [0.2, 0.25) is 0 Å². The van der Waals surface area contributed by atoms with Gasteiger partial charge in [-0.3, -0.25) is 0 Å². The van der Waals surface area contributed by atoms with Crippen molar-refractivity contribution < 1.29 is 0 Å². The molecule has 0 N–H and O–H groups in total. The number of anilines is 3. The van der Waals surface area contributed by atoms with Gasteiger partial charge in [0.25, 0.3) is 0 Å². The van der Waals surface area contributed by atoms with Crippen molar-refractivity contribution in [2.45, 2.75) is 51.4 Å². The molecule has 0 atom stereocenters. The van der Waals surface area contributed by atoms with Gasteiger partial charge in [0.2, 0.25) is 0 Å². The van der Waals surface area contributed by atoms with E-state index >= 15 is 0 Å². The highest BCUT2D eigenvalue weighted by atomic mass is 15.1. The van der Waals surface area contributed by atoms with Crippen LogP contribution in [0.3, 0.4) is 0 Å². The van der Waals surface area contributed by atoms with Crippen molar-refractivity contribution in [1.82, 2.24) is 0 Å². The lowest BCUT2D eigenvalue weighted by Crippen LogP contribution is -2.28. The van der Waals surface area contributed by atoms with Crippen molar-refractivity contribution in [3.8, 4) is 22.3 Å². The zero-order chi connectivity index (χ0) is 40.1. The second kappa shape index (κ2) is 14.6. The van der Waals surface area contributed by atoms with Crippen LogP contribution in [-0.4, -0.2) is 0 Å². The number of hydrogen-bond acceptors (Lipinski definition) is 1. The van der Waals surface area contributed by atoms with E-state index in [0.717, 1.165) is 12.8 Å². The smallest absolute Gasteiger partial charge is 0.0713 e. The fraction of sp³-hybridized carbons (Fsp3) is 0.138. The van der Waals surface area contributed by atoms with Crippen molar-refractivity contribution >= 4 is 29.2 Å². The summed E-state index contributed by atoms with van der Waals surface area (Å²) < 4.78 is 0. The van der Waals surface area contributed by atoms with E-state index < -0.39 is 5.41 Å². The molecule has 10 rings (SSSR count). The Balaban J connectivity index is 1.07. The minimum atomic E-state index is -0.410. The van der Waals surface area contributed by atoms with Crippen LogP contribution in [0.25, 0.3) is 34.4 Å². The van der Waals surface area contributed by atoms with E-state index in [2.05, 4.69) is 233 Å². The SMILES string of the molecule is CCC1(CC)c2cc(/C=C/c3cccc4c3-c3ccccc3C4(c3ccccc3)c3ccccc3)ccc2-c2ccc(N(c3ccc(C)cc3)c3ccc(C)cc3)cc21. The van der Waals surface area contributed by atoms with Gasteiger partial charge >= 0.3 is 0 Å². The van der Waals surface area contributed by atoms with Crippen LogP contribution in [-0.2, 0) is 10.8 Å². The zero-order valence-corrected chi connectivity index (χ0v) is 34.4. The van der Waals surface area contributed by atoms with Gasteiger partial charge in [-0.2, -0.15) is 0 Å². The first-order valence-corrected chi connectivity index (χ1v) is 21.2. The summed E-state index contributed by atoms with van der Waals surface area (Å²) in [4.78, 5) is 2.41. The predicted molar refractivity (Wildman–Crippen MR) is 250 cm³/mol. The Labute approximate surface area is 350 Å². The summed E-state index contributed by atoms with van der Waals surface area (Å²) in [5.41, 5.74) is 21.4. The third-order valence-electron chi connectivity index (χ3n) is 13.4. The Morgan fingerprint density at radius 3 is 1.56 bits per heavy atom. The molecule has 0 unspecified atom stereocenters. The van der Waals surface area contributed by atoms with Crippen molar-refractivity contribution in [2.75, 3.05) is 4.90 Å². The number of benzene rings is 8. The summed E-state index contributed by atoms with van der Waals surface area (Å²) in [7, 11) is 0. The lowest BCUT2D eigenvalue weighted by atomic mass is 9.67. The molecular formula is C58H49N. The van der Waals surface area contributed by atoms with Gasteiger partial charge in [-0.25, -0.2) is 0 Å². The normalized spacial score (nSPS) is 14.1. The molecule has 0 heterocycles. The summed E-state index contributed by atoms with van der Waals surface area (Å²) in [6, 6.07) is 70.2. The van der Waals surface area contributed by atoms with Crippen LogP contribution in [0.4, 0.5) is 17.1 Å². The van der Waals surface area contributed by atoms with Gasteiger partial charge in [-0.1, -0.05) is 189 Å². The molecule has 1 nitrogen and oxygen atoms in total. The molecule has 0 radical (unpaired) electrons. The Hall–Kier alpha value is -6.70. The van der Waals surface area contributed by atoms with E-state index in [-0.39, 0.29) is 5.41 Å². The zero-order valence-electron chi connectivity index (χ0n) is 34.4. The lowest BCUT2D eigenvalue weighted by Gasteiger charge is -2.33. The second-order valence-corrected chi connectivity index (χ2v) is 16.5. The molecule has 0 saturated heterocycles. The molecule has 0 saturated carbocycles. The third kappa shape index (κ3) is 5.75. The predicted octanol–water partition coefficient (Wildman–Crippen LogP) is 15.4. The van der Waals surface area contributed by atoms with Gasteiger partial charge in [0.05, 0.1) is 5.41 Å². The van der Waals surface area contributed by atoms with E-state index in [1.807, 2.05) is 0 Å². The maximum atomic E-state index is 2.48. The van der Waals surface area contributed by atoms with Crippen LogP contribution >= 0.6 is 0 Å². The fourth-order valence-corrected chi connectivity index (χ4v) is 10.4. The van der Waals surface area contributed by atoms with Gasteiger partial charge < -0.3 is 4.90 Å². The van der Waals surface area contributed by atoms with E-state index in [4.69, 9.17) is 0 Å². The molecule has 2 aliphatic rings. The van der Waals surface area contributed by atoms with E-state index in [1.165, 1.54) is 95.0 Å².